The van der Waals surface area contributed by atoms with Crippen molar-refractivity contribution in [3.05, 3.63) is 54.1 Å². The zero-order valence-electron chi connectivity index (χ0n) is 21.1. The van der Waals surface area contributed by atoms with E-state index < -0.39 is 47.9 Å². The summed E-state index contributed by atoms with van der Waals surface area (Å²) in [7, 11) is 0. The van der Waals surface area contributed by atoms with Crippen molar-refractivity contribution in [1.82, 2.24) is 25.9 Å². The van der Waals surface area contributed by atoms with Gasteiger partial charge in [0.15, 0.2) is 5.96 Å². The molecule has 0 radical (unpaired) electrons. The van der Waals surface area contributed by atoms with Crippen LogP contribution < -0.4 is 33.2 Å². The minimum Gasteiger partial charge on any atom is -0.480 e. The van der Waals surface area contributed by atoms with Crippen LogP contribution in [0, 0.1) is 0 Å². The van der Waals surface area contributed by atoms with Crippen molar-refractivity contribution in [2.45, 2.75) is 56.8 Å². The Morgan fingerprint density at radius 1 is 1.00 bits per heavy atom. The summed E-state index contributed by atoms with van der Waals surface area (Å²) in [5.41, 5.74) is 18.1. The van der Waals surface area contributed by atoms with Crippen molar-refractivity contribution in [3.8, 4) is 0 Å². The predicted molar refractivity (Wildman–Crippen MR) is 139 cm³/mol. The SMILES string of the molecule is C[C@H](NC(=O)[C@H](CCCN=C(N)N)NC(=O)[C@H](Cc1ccccc1)NC(=O)[C@@H](N)Cc1cnc[nH]1)C(=O)O. The molecule has 0 bridgehead atoms. The third kappa shape index (κ3) is 10.3. The third-order valence-electron chi connectivity index (χ3n) is 5.55. The summed E-state index contributed by atoms with van der Waals surface area (Å²) in [5, 5.41) is 16.8. The van der Waals surface area contributed by atoms with E-state index in [0.717, 1.165) is 5.56 Å². The normalized spacial score (nSPS) is 13.8. The number of benzene rings is 1. The first kappa shape index (κ1) is 29.8. The average molecular weight is 530 g/mol. The van der Waals surface area contributed by atoms with Gasteiger partial charge in [-0.25, -0.2) is 4.98 Å². The molecule has 0 fully saturated rings. The number of guanidine groups is 1. The summed E-state index contributed by atoms with van der Waals surface area (Å²) in [6.45, 7) is 1.50. The highest BCUT2D eigenvalue weighted by Gasteiger charge is 2.29. The predicted octanol–water partition coefficient (Wildman–Crippen LogP) is -1.87. The Morgan fingerprint density at radius 3 is 2.26 bits per heavy atom. The van der Waals surface area contributed by atoms with Crippen molar-refractivity contribution < 1.29 is 24.3 Å². The van der Waals surface area contributed by atoms with E-state index in [0.29, 0.717) is 12.1 Å². The van der Waals surface area contributed by atoms with E-state index in [4.69, 9.17) is 22.3 Å². The number of amides is 3. The lowest BCUT2D eigenvalue weighted by Crippen LogP contribution is -2.57. The lowest BCUT2D eigenvalue weighted by atomic mass is 10.0. The molecule has 14 heteroatoms. The molecule has 3 amide bonds. The summed E-state index contributed by atoms with van der Waals surface area (Å²) in [6, 6.07) is 4.69. The lowest BCUT2D eigenvalue weighted by molar-refractivity contribution is -0.141. The highest BCUT2D eigenvalue weighted by Crippen LogP contribution is 2.07. The largest absolute Gasteiger partial charge is 0.480 e. The summed E-state index contributed by atoms with van der Waals surface area (Å²) in [4.78, 5) is 60.9. The standard InChI is InChI=1S/C24H35N9O5/c1-14(23(37)38)31-21(35)18(8-5-9-29-24(26)27)32-22(36)19(10-15-6-3-2-4-7-15)33-20(34)17(25)11-16-12-28-13-30-16/h2-4,6-7,12-14,17-19H,5,8-11,25H2,1H3,(H,28,30)(H,31,35)(H,32,36)(H,33,34)(H,37,38)(H4,26,27,29)/t14-,17-,18-,19-/m0/s1. The number of hydrogen-bond donors (Lipinski definition) is 8. The number of carboxylic acid groups (broad SMARTS) is 1. The fourth-order valence-electron chi connectivity index (χ4n) is 3.48. The van der Waals surface area contributed by atoms with Gasteiger partial charge in [0.25, 0.3) is 0 Å². The molecule has 0 aliphatic carbocycles. The maximum atomic E-state index is 13.4. The first-order valence-electron chi connectivity index (χ1n) is 12.0. The van der Waals surface area contributed by atoms with Crippen LogP contribution in [0.2, 0.25) is 0 Å². The highest BCUT2D eigenvalue weighted by atomic mass is 16.4. The number of H-pyrrole nitrogens is 1. The van der Waals surface area contributed by atoms with Crippen molar-refractivity contribution >= 4 is 29.7 Å². The minimum atomic E-state index is -1.23. The maximum absolute atomic E-state index is 13.4. The van der Waals surface area contributed by atoms with Crippen LogP contribution in [0.4, 0.5) is 0 Å². The van der Waals surface area contributed by atoms with Gasteiger partial charge in [0.2, 0.25) is 17.7 Å². The van der Waals surface area contributed by atoms with Crippen LogP contribution in [-0.4, -0.2) is 75.4 Å². The molecule has 1 aromatic heterocycles. The smallest absolute Gasteiger partial charge is 0.325 e. The van der Waals surface area contributed by atoms with Crippen LogP contribution in [0.15, 0.2) is 47.8 Å². The topological polar surface area (TPSA) is 244 Å². The van der Waals surface area contributed by atoms with Gasteiger partial charge in [0, 0.05) is 31.3 Å². The second kappa shape index (κ2) is 14.9. The Bertz CT molecular complexity index is 1090. The summed E-state index contributed by atoms with van der Waals surface area (Å²) < 4.78 is 0. The summed E-state index contributed by atoms with van der Waals surface area (Å²) >= 11 is 0. The van der Waals surface area contributed by atoms with E-state index in [-0.39, 0.29) is 31.8 Å². The van der Waals surface area contributed by atoms with E-state index >= 15 is 0 Å². The molecule has 1 heterocycles. The molecule has 0 aliphatic heterocycles. The van der Waals surface area contributed by atoms with Crippen molar-refractivity contribution in [1.29, 1.82) is 0 Å². The van der Waals surface area contributed by atoms with Gasteiger partial charge in [0.05, 0.1) is 12.4 Å². The van der Waals surface area contributed by atoms with Gasteiger partial charge in [-0.15, -0.1) is 0 Å². The number of aromatic nitrogens is 2. The number of nitrogens with one attached hydrogen (secondary N) is 4. The zero-order valence-corrected chi connectivity index (χ0v) is 21.1. The number of nitrogens with zero attached hydrogens (tertiary/aromatic N) is 2. The first-order chi connectivity index (χ1) is 18.1. The van der Waals surface area contributed by atoms with Crippen LogP contribution in [0.5, 0.6) is 0 Å². The second-order valence-corrected chi connectivity index (χ2v) is 8.72. The Hall–Kier alpha value is -4.46. The molecule has 0 spiro atoms. The van der Waals surface area contributed by atoms with Crippen LogP contribution in [-0.2, 0) is 32.0 Å². The van der Waals surface area contributed by atoms with E-state index in [9.17, 15) is 19.2 Å². The quantitative estimate of drug-likeness (QED) is 0.0731. The van der Waals surface area contributed by atoms with Crippen LogP contribution in [0.3, 0.4) is 0 Å². The fourth-order valence-corrected chi connectivity index (χ4v) is 3.48. The van der Waals surface area contributed by atoms with Gasteiger partial charge in [0.1, 0.15) is 18.1 Å². The third-order valence-corrected chi connectivity index (χ3v) is 5.55. The summed E-state index contributed by atoms with van der Waals surface area (Å²) in [5.74, 6) is -3.25. The molecular weight excluding hydrogens is 494 g/mol. The van der Waals surface area contributed by atoms with Gasteiger partial charge in [-0.1, -0.05) is 30.3 Å². The number of carboxylic acids is 1. The second-order valence-electron chi connectivity index (χ2n) is 8.72. The average Bonchev–Trinajstić information content (AvgIpc) is 3.38. The first-order valence-corrected chi connectivity index (χ1v) is 12.0. The molecule has 0 unspecified atom stereocenters. The molecule has 2 aromatic rings. The van der Waals surface area contributed by atoms with E-state index in [1.807, 2.05) is 6.07 Å². The van der Waals surface area contributed by atoms with Crippen molar-refractivity contribution in [2.24, 2.45) is 22.2 Å². The molecule has 0 saturated heterocycles. The molecule has 14 nitrogen and oxygen atoms in total. The number of carbonyl (C=O) groups excluding carboxylic acids is 3. The molecule has 206 valence electrons. The highest BCUT2D eigenvalue weighted by molar-refractivity contribution is 5.94. The van der Waals surface area contributed by atoms with E-state index in [2.05, 4.69) is 30.9 Å². The molecule has 38 heavy (non-hydrogen) atoms. The van der Waals surface area contributed by atoms with E-state index in [1.165, 1.54) is 13.3 Å². The molecule has 1 aromatic carbocycles. The Kier molecular flexibility index (Phi) is 11.7. The number of nitrogens with two attached hydrogens (primary N) is 3. The zero-order chi connectivity index (χ0) is 28.1. The van der Waals surface area contributed by atoms with Crippen molar-refractivity contribution in [2.75, 3.05) is 6.54 Å². The number of rotatable bonds is 15. The number of imidazole rings is 1. The number of aliphatic imine (C=N–C) groups is 1. The van der Waals surface area contributed by atoms with Crippen LogP contribution in [0.1, 0.15) is 31.0 Å². The molecule has 2 rings (SSSR count). The minimum absolute atomic E-state index is 0.117. The Balaban J connectivity index is 2.18. The summed E-state index contributed by atoms with van der Waals surface area (Å²) in [6.07, 6.45) is 3.76. The molecule has 11 N–H and O–H groups in total. The van der Waals surface area contributed by atoms with Gasteiger partial charge < -0.3 is 43.2 Å². The Morgan fingerprint density at radius 2 is 1.66 bits per heavy atom. The molecule has 0 aliphatic rings. The number of aliphatic carboxylic acids is 1. The molecule has 4 atom stereocenters. The number of carbonyl (C=O) groups is 4. The van der Waals surface area contributed by atoms with Gasteiger partial charge in [-0.2, -0.15) is 0 Å². The fraction of sp³-hybridized carbons (Fsp3) is 0.417. The van der Waals surface area contributed by atoms with Gasteiger partial charge in [-0.05, 0) is 25.3 Å². The number of hydrogen-bond acceptors (Lipinski definition) is 7. The molecular formula is C24H35N9O5. The van der Waals surface area contributed by atoms with Crippen LogP contribution in [0.25, 0.3) is 0 Å². The van der Waals surface area contributed by atoms with Crippen molar-refractivity contribution in [3.63, 3.8) is 0 Å². The number of aromatic amines is 1. The van der Waals surface area contributed by atoms with Gasteiger partial charge in [-0.3, -0.25) is 24.2 Å². The maximum Gasteiger partial charge on any atom is 0.325 e. The Labute approximate surface area is 219 Å². The molecule has 0 saturated carbocycles. The lowest BCUT2D eigenvalue weighted by Gasteiger charge is -2.25. The monoisotopic (exact) mass is 529 g/mol. The van der Waals surface area contributed by atoms with Crippen LogP contribution >= 0.6 is 0 Å². The van der Waals surface area contributed by atoms with Gasteiger partial charge >= 0.3 is 5.97 Å². The van der Waals surface area contributed by atoms with E-state index in [1.54, 1.807) is 30.5 Å².